The van der Waals surface area contributed by atoms with Crippen LogP contribution in [-0.4, -0.2) is 77.4 Å². The quantitative estimate of drug-likeness (QED) is 0.115. The normalized spacial score (nSPS) is 22.8. The number of carbonyl (C=O) groups is 3. The summed E-state index contributed by atoms with van der Waals surface area (Å²) >= 11 is 0. The molecule has 49 heavy (non-hydrogen) atoms. The third-order valence-electron chi connectivity index (χ3n) is 10.6. The number of aliphatic carboxylic acids is 3. The summed E-state index contributed by atoms with van der Waals surface area (Å²) < 4.78 is 17.7. The van der Waals surface area contributed by atoms with Crippen LogP contribution in [0.2, 0.25) is 0 Å². The molecule has 3 aromatic rings. The first kappa shape index (κ1) is 34.9. The Bertz CT molecular complexity index is 1360. The van der Waals surface area contributed by atoms with Crippen LogP contribution in [-0.2, 0) is 53.3 Å². The number of nitrogens with zero attached hydrogens (tertiary/aromatic N) is 1. The van der Waals surface area contributed by atoms with E-state index in [0.29, 0.717) is 75.8 Å². The topological polar surface area (TPSA) is 191 Å². The van der Waals surface area contributed by atoms with E-state index in [1.165, 1.54) is 0 Å². The van der Waals surface area contributed by atoms with Crippen molar-refractivity contribution in [2.24, 2.45) is 35.5 Å². The number of hydrogen-bond donors (Lipinski definition) is 6. The third-order valence-corrected chi connectivity index (χ3v) is 10.6. The van der Waals surface area contributed by atoms with Crippen LogP contribution in [0.5, 0.6) is 0 Å². The molecule has 0 radical (unpaired) electrons. The van der Waals surface area contributed by atoms with Gasteiger partial charge in [-0.1, -0.05) is 0 Å². The number of rotatable bonds is 18. The summed E-state index contributed by atoms with van der Waals surface area (Å²) in [6, 6.07) is 5.76. The highest BCUT2D eigenvalue weighted by Crippen LogP contribution is 2.29. The predicted octanol–water partition coefficient (Wildman–Crippen LogP) is 3.23. The molecule has 6 heterocycles. The van der Waals surface area contributed by atoms with E-state index in [1.54, 1.807) is 18.8 Å². The Kier molecular flexibility index (Phi) is 11.5. The van der Waals surface area contributed by atoms with Crippen molar-refractivity contribution < 1.29 is 43.0 Å². The number of furan rings is 3. The van der Waals surface area contributed by atoms with Gasteiger partial charge in [-0.3, -0.25) is 19.3 Å². The SMILES string of the molecule is O=C(O)C(Cc1coc(CN(Cc2coc(CC(C(=O)O)C3CCNC3)c2)Cc2coc(CC(C(=O)O)C3CCNC3)c2)c1)C1CCNC1. The number of nitrogens with one attached hydrogen (secondary N) is 3. The van der Waals surface area contributed by atoms with Gasteiger partial charge in [-0.05, 0) is 106 Å². The average molecular weight is 681 g/mol. The Morgan fingerprint density at radius 3 is 1.39 bits per heavy atom. The lowest BCUT2D eigenvalue weighted by atomic mass is 9.87. The standard InChI is InChI=1S/C36H48N4O9/c41-34(42)31(25-1-4-37-13-25)10-22-7-30(49-19-22)18-40(16-23-8-28(47-20-23)11-32(35(43)44)26-2-5-38-14-26)17-24-9-29(48-21-24)12-33(36(45)46)27-3-6-39-15-27/h7-9,19-21,25-27,31-33,37-39H,1-6,10-18H2,(H,41,42)(H,43,44)(H,45,46). The van der Waals surface area contributed by atoms with Crippen molar-refractivity contribution in [2.45, 2.75) is 58.2 Å². The van der Waals surface area contributed by atoms with Gasteiger partial charge >= 0.3 is 17.9 Å². The molecule has 13 heteroatoms. The van der Waals surface area contributed by atoms with Crippen molar-refractivity contribution >= 4 is 17.9 Å². The molecule has 0 bridgehead atoms. The lowest BCUT2D eigenvalue weighted by Crippen LogP contribution is -2.27. The molecule has 3 fully saturated rings. The third kappa shape index (κ3) is 9.21. The fraction of sp³-hybridized carbons (Fsp3) is 0.583. The summed E-state index contributed by atoms with van der Waals surface area (Å²) in [7, 11) is 0. The van der Waals surface area contributed by atoms with Gasteiger partial charge in [-0.15, -0.1) is 0 Å². The van der Waals surface area contributed by atoms with Crippen molar-refractivity contribution in [2.75, 3.05) is 39.3 Å². The fourth-order valence-electron chi connectivity index (χ4n) is 7.87. The molecule has 0 spiro atoms. The second-order valence-corrected chi connectivity index (χ2v) is 14.1. The summed E-state index contributed by atoms with van der Waals surface area (Å²) in [6.07, 6.45) is 8.50. The van der Waals surface area contributed by atoms with Crippen LogP contribution in [0.4, 0.5) is 0 Å². The van der Waals surface area contributed by atoms with Gasteiger partial charge in [-0.2, -0.15) is 0 Å². The lowest BCUT2D eigenvalue weighted by Gasteiger charge is -2.20. The molecule has 0 aromatic carbocycles. The zero-order chi connectivity index (χ0) is 34.3. The first-order valence-electron chi connectivity index (χ1n) is 17.4. The van der Waals surface area contributed by atoms with Crippen molar-refractivity contribution in [3.8, 4) is 0 Å². The van der Waals surface area contributed by atoms with Gasteiger partial charge in [0, 0.05) is 37.1 Å². The summed E-state index contributed by atoms with van der Waals surface area (Å²) in [5.41, 5.74) is 2.62. The summed E-state index contributed by atoms with van der Waals surface area (Å²) in [4.78, 5) is 38.4. The summed E-state index contributed by atoms with van der Waals surface area (Å²) in [5, 5.41) is 39.5. The zero-order valence-electron chi connectivity index (χ0n) is 27.8. The highest BCUT2D eigenvalue weighted by atomic mass is 16.4. The van der Waals surface area contributed by atoms with Gasteiger partial charge in [0.05, 0.1) is 43.1 Å². The van der Waals surface area contributed by atoms with Crippen LogP contribution >= 0.6 is 0 Å². The Morgan fingerprint density at radius 2 is 0.980 bits per heavy atom. The second-order valence-electron chi connectivity index (χ2n) is 14.1. The molecule has 6 atom stereocenters. The largest absolute Gasteiger partial charge is 0.481 e. The minimum atomic E-state index is -0.818. The van der Waals surface area contributed by atoms with Gasteiger partial charge in [0.25, 0.3) is 0 Å². The zero-order valence-corrected chi connectivity index (χ0v) is 27.8. The molecule has 0 amide bonds. The molecule has 3 aliphatic heterocycles. The molecule has 6 N–H and O–H groups in total. The smallest absolute Gasteiger partial charge is 0.307 e. The van der Waals surface area contributed by atoms with Gasteiger partial charge < -0.3 is 44.5 Å². The van der Waals surface area contributed by atoms with E-state index in [9.17, 15) is 29.7 Å². The second kappa shape index (κ2) is 16.2. The molecule has 6 rings (SSSR count). The van der Waals surface area contributed by atoms with E-state index in [2.05, 4.69) is 20.9 Å². The Balaban J connectivity index is 1.16. The minimum Gasteiger partial charge on any atom is -0.481 e. The van der Waals surface area contributed by atoms with E-state index in [1.807, 2.05) is 18.2 Å². The molecule has 0 aliphatic carbocycles. The number of carboxylic acid groups (broad SMARTS) is 3. The van der Waals surface area contributed by atoms with E-state index >= 15 is 0 Å². The first-order chi connectivity index (χ1) is 23.7. The summed E-state index contributed by atoms with van der Waals surface area (Å²) in [6.45, 7) is 5.90. The highest BCUT2D eigenvalue weighted by molar-refractivity contribution is 5.71. The minimum absolute atomic E-state index is 0.0577. The molecule has 3 saturated heterocycles. The maximum absolute atomic E-state index is 12.1. The van der Waals surface area contributed by atoms with Crippen LogP contribution in [0.1, 0.15) is 53.2 Å². The molecular weight excluding hydrogens is 632 g/mol. The highest BCUT2D eigenvalue weighted by Gasteiger charge is 2.34. The molecule has 13 nitrogen and oxygen atoms in total. The lowest BCUT2D eigenvalue weighted by molar-refractivity contribution is -0.144. The number of carboxylic acids is 3. The Labute approximate surface area is 285 Å². The predicted molar refractivity (Wildman–Crippen MR) is 176 cm³/mol. The summed E-state index contributed by atoms with van der Waals surface area (Å²) in [5.74, 6) is -1.84. The molecule has 3 aliphatic rings. The van der Waals surface area contributed by atoms with Gasteiger partial charge in [0.15, 0.2) is 0 Å². The Morgan fingerprint density at radius 1 is 0.592 bits per heavy atom. The molecule has 0 saturated carbocycles. The molecule has 266 valence electrons. The maximum Gasteiger partial charge on any atom is 0.307 e. The van der Waals surface area contributed by atoms with Crippen LogP contribution in [0.15, 0.2) is 50.2 Å². The fourth-order valence-corrected chi connectivity index (χ4v) is 7.87. The first-order valence-corrected chi connectivity index (χ1v) is 17.4. The van der Waals surface area contributed by atoms with E-state index in [0.717, 1.165) is 55.6 Å². The van der Waals surface area contributed by atoms with E-state index < -0.39 is 35.7 Å². The van der Waals surface area contributed by atoms with Crippen molar-refractivity contribution in [3.05, 3.63) is 71.0 Å². The Hall–Kier alpha value is -3.91. The average Bonchev–Trinajstić information content (AvgIpc) is 3.91. The van der Waals surface area contributed by atoms with Crippen LogP contribution in [0, 0.1) is 35.5 Å². The molecule has 6 unspecified atom stereocenters. The number of hydrogen-bond acceptors (Lipinski definition) is 10. The van der Waals surface area contributed by atoms with Crippen molar-refractivity contribution in [1.82, 2.24) is 20.9 Å². The molecular formula is C36H48N4O9. The van der Waals surface area contributed by atoms with Gasteiger partial charge in [0.1, 0.15) is 17.3 Å². The molecule has 3 aromatic heterocycles. The van der Waals surface area contributed by atoms with Gasteiger partial charge in [-0.25, -0.2) is 0 Å². The van der Waals surface area contributed by atoms with Crippen LogP contribution in [0.3, 0.4) is 0 Å². The van der Waals surface area contributed by atoms with Crippen LogP contribution < -0.4 is 16.0 Å². The van der Waals surface area contributed by atoms with Crippen LogP contribution in [0.25, 0.3) is 0 Å². The van der Waals surface area contributed by atoms with E-state index in [-0.39, 0.29) is 17.8 Å². The van der Waals surface area contributed by atoms with Crippen molar-refractivity contribution in [3.63, 3.8) is 0 Å². The monoisotopic (exact) mass is 680 g/mol. The maximum atomic E-state index is 12.1. The van der Waals surface area contributed by atoms with E-state index in [4.69, 9.17) is 13.3 Å². The van der Waals surface area contributed by atoms with Crippen molar-refractivity contribution in [1.29, 1.82) is 0 Å². The van der Waals surface area contributed by atoms with Gasteiger partial charge in [0.2, 0.25) is 0 Å².